The minimum absolute atomic E-state index is 0.131. The van der Waals surface area contributed by atoms with Gasteiger partial charge in [-0.2, -0.15) is 0 Å². The van der Waals surface area contributed by atoms with E-state index in [2.05, 4.69) is 13.8 Å². The minimum Gasteiger partial charge on any atom is -0.507 e. The van der Waals surface area contributed by atoms with Gasteiger partial charge < -0.3 is 14.9 Å². The molecular weight excluding hydrogens is 264 g/mol. The van der Waals surface area contributed by atoms with Gasteiger partial charge in [-0.25, -0.2) is 0 Å². The van der Waals surface area contributed by atoms with Crippen LogP contribution in [0.5, 0.6) is 11.5 Å². The molecular formula is C18H22O3. The summed E-state index contributed by atoms with van der Waals surface area (Å²) in [6.07, 6.45) is 2.45. The van der Waals surface area contributed by atoms with Crippen LogP contribution in [-0.2, 0) is 17.6 Å². The van der Waals surface area contributed by atoms with Gasteiger partial charge in [0.2, 0.25) is 0 Å². The normalized spacial score (nSPS) is 18.1. The lowest BCUT2D eigenvalue weighted by molar-refractivity contribution is 0.0273. The van der Waals surface area contributed by atoms with E-state index in [9.17, 15) is 10.2 Å². The van der Waals surface area contributed by atoms with Crippen molar-refractivity contribution in [1.82, 2.24) is 0 Å². The van der Waals surface area contributed by atoms with E-state index in [-0.39, 0.29) is 6.10 Å². The third kappa shape index (κ3) is 2.58. The summed E-state index contributed by atoms with van der Waals surface area (Å²) in [5, 5.41) is 22.5. The van der Waals surface area contributed by atoms with Crippen LogP contribution in [-0.4, -0.2) is 22.9 Å². The highest BCUT2D eigenvalue weighted by Gasteiger charge is 2.26. The predicted octanol–water partition coefficient (Wildman–Crippen LogP) is 3.78. The molecule has 1 atom stereocenters. The van der Waals surface area contributed by atoms with Gasteiger partial charge in [-0.15, -0.1) is 0 Å². The maximum Gasteiger partial charge on any atom is 0.127 e. The second-order valence-corrected chi connectivity index (χ2v) is 6.29. The molecule has 1 aliphatic rings. The molecule has 0 fully saturated rings. The van der Waals surface area contributed by atoms with Crippen LogP contribution in [0.25, 0.3) is 10.8 Å². The quantitative estimate of drug-likeness (QED) is 0.844. The van der Waals surface area contributed by atoms with Crippen molar-refractivity contribution in [3.05, 3.63) is 35.4 Å². The number of aromatic hydroxyl groups is 2. The molecule has 3 nitrogen and oxygen atoms in total. The van der Waals surface area contributed by atoms with E-state index in [4.69, 9.17) is 4.74 Å². The lowest BCUT2D eigenvalue weighted by Gasteiger charge is -2.27. The zero-order valence-corrected chi connectivity index (χ0v) is 12.6. The van der Waals surface area contributed by atoms with Crippen LogP contribution in [0, 0.1) is 5.92 Å². The van der Waals surface area contributed by atoms with Gasteiger partial charge in [0.05, 0.1) is 6.10 Å². The molecule has 0 saturated carbocycles. The van der Waals surface area contributed by atoms with E-state index in [1.54, 1.807) is 0 Å². The topological polar surface area (TPSA) is 49.7 Å². The summed E-state index contributed by atoms with van der Waals surface area (Å²) in [6.45, 7) is 5.00. The fraction of sp³-hybridized carbons (Fsp3) is 0.444. The first-order chi connectivity index (χ1) is 10.1. The first kappa shape index (κ1) is 14.2. The van der Waals surface area contributed by atoms with Crippen LogP contribution in [0.4, 0.5) is 0 Å². The Morgan fingerprint density at radius 1 is 1.10 bits per heavy atom. The Bertz CT molecular complexity index is 661. The average Bonchev–Trinajstić information content (AvgIpc) is 2.50. The first-order valence-electron chi connectivity index (χ1n) is 7.64. The Kier molecular flexibility index (Phi) is 3.77. The second-order valence-electron chi connectivity index (χ2n) is 6.29. The van der Waals surface area contributed by atoms with E-state index >= 15 is 0 Å². The van der Waals surface area contributed by atoms with Crippen molar-refractivity contribution in [2.75, 3.05) is 6.61 Å². The summed E-state index contributed by atoms with van der Waals surface area (Å²) < 4.78 is 5.92. The minimum atomic E-state index is 0.131. The van der Waals surface area contributed by atoms with Gasteiger partial charge in [0, 0.05) is 34.9 Å². The molecule has 0 radical (unpaired) electrons. The average molecular weight is 286 g/mol. The molecule has 0 saturated heterocycles. The van der Waals surface area contributed by atoms with Gasteiger partial charge >= 0.3 is 0 Å². The van der Waals surface area contributed by atoms with Gasteiger partial charge in [-0.3, -0.25) is 0 Å². The molecule has 0 aliphatic heterocycles. The van der Waals surface area contributed by atoms with Crippen LogP contribution >= 0.6 is 0 Å². The highest BCUT2D eigenvalue weighted by atomic mass is 16.5. The van der Waals surface area contributed by atoms with E-state index in [0.29, 0.717) is 23.8 Å². The monoisotopic (exact) mass is 286 g/mol. The zero-order chi connectivity index (χ0) is 15.0. The van der Waals surface area contributed by atoms with Crippen LogP contribution in [0.3, 0.4) is 0 Å². The number of hydrogen-bond acceptors (Lipinski definition) is 3. The number of fused-ring (bicyclic) bond motifs is 2. The van der Waals surface area contributed by atoms with Crippen LogP contribution in [0.1, 0.15) is 31.4 Å². The number of phenolic OH excluding ortho intramolecular Hbond substituents is 2. The number of hydrogen-bond donors (Lipinski definition) is 2. The molecule has 0 bridgehead atoms. The highest BCUT2D eigenvalue weighted by Crippen LogP contribution is 2.43. The van der Waals surface area contributed by atoms with Crippen molar-refractivity contribution in [3.63, 3.8) is 0 Å². The summed E-state index contributed by atoms with van der Waals surface area (Å²) in [5.74, 6) is 1.13. The molecule has 1 aliphatic carbocycles. The third-order valence-corrected chi connectivity index (χ3v) is 4.19. The van der Waals surface area contributed by atoms with Crippen molar-refractivity contribution >= 4 is 10.8 Å². The first-order valence-corrected chi connectivity index (χ1v) is 7.64. The van der Waals surface area contributed by atoms with E-state index in [0.717, 1.165) is 41.3 Å². The second kappa shape index (κ2) is 5.57. The Hall–Kier alpha value is -1.74. The lowest BCUT2D eigenvalue weighted by atomic mass is 9.85. The van der Waals surface area contributed by atoms with Crippen molar-refractivity contribution in [1.29, 1.82) is 0 Å². The molecule has 3 rings (SSSR count). The molecule has 2 aromatic rings. The Morgan fingerprint density at radius 3 is 2.33 bits per heavy atom. The SMILES string of the molecule is CC(C)COC1CCc2c(c(O)c3ccccc3c2O)C1. The maximum atomic E-state index is 10.5. The molecule has 112 valence electrons. The van der Waals surface area contributed by atoms with Crippen molar-refractivity contribution in [2.24, 2.45) is 5.92 Å². The van der Waals surface area contributed by atoms with Crippen LogP contribution < -0.4 is 0 Å². The summed E-state index contributed by atoms with van der Waals surface area (Å²) in [4.78, 5) is 0. The standard InChI is InChI=1S/C18H22O3/c1-11(2)10-21-12-7-8-15-16(9-12)18(20)14-6-4-3-5-13(14)17(15)19/h3-6,11-12,19-20H,7-10H2,1-2H3. The summed E-state index contributed by atoms with van der Waals surface area (Å²) in [7, 11) is 0. The largest absolute Gasteiger partial charge is 0.507 e. The predicted molar refractivity (Wildman–Crippen MR) is 83.9 cm³/mol. The number of ether oxygens (including phenoxy) is 1. The van der Waals surface area contributed by atoms with Gasteiger partial charge in [-0.05, 0) is 18.8 Å². The number of benzene rings is 2. The highest BCUT2D eigenvalue weighted by molar-refractivity contribution is 5.95. The molecule has 3 heteroatoms. The summed E-state index contributed by atoms with van der Waals surface area (Å²) in [5.41, 5.74) is 1.74. The van der Waals surface area contributed by atoms with E-state index in [1.807, 2.05) is 24.3 Å². The lowest BCUT2D eigenvalue weighted by Crippen LogP contribution is -2.24. The Balaban J connectivity index is 1.98. The molecule has 21 heavy (non-hydrogen) atoms. The molecule has 0 heterocycles. The van der Waals surface area contributed by atoms with Crippen LogP contribution in [0.2, 0.25) is 0 Å². The molecule has 0 amide bonds. The van der Waals surface area contributed by atoms with Crippen molar-refractivity contribution in [3.8, 4) is 11.5 Å². The fourth-order valence-corrected chi connectivity index (χ4v) is 3.10. The van der Waals surface area contributed by atoms with Gasteiger partial charge in [0.25, 0.3) is 0 Å². The zero-order valence-electron chi connectivity index (χ0n) is 12.6. The Labute approximate surface area is 125 Å². The molecule has 0 spiro atoms. The van der Waals surface area contributed by atoms with E-state index in [1.165, 1.54) is 0 Å². The number of phenols is 2. The van der Waals surface area contributed by atoms with Crippen molar-refractivity contribution in [2.45, 2.75) is 39.2 Å². The third-order valence-electron chi connectivity index (χ3n) is 4.19. The summed E-state index contributed by atoms with van der Waals surface area (Å²) >= 11 is 0. The van der Waals surface area contributed by atoms with Gasteiger partial charge in [0.1, 0.15) is 11.5 Å². The molecule has 0 aromatic heterocycles. The number of rotatable bonds is 3. The van der Waals surface area contributed by atoms with Crippen LogP contribution in [0.15, 0.2) is 24.3 Å². The van der Waals surface area contributed by atoms with E-state index < -0.39 is 0 Å². The Morgan fingerprint density at radius 2 is 1.71 bits per heavy atom. The molecule has 2 N–H and O–H groups in total. The maximum absolute atomic E-state index is 10.5. The van der Waals surface area contributed by atoms with Gasteiger partial charge in [-0.1, -0.05) is 38.1 Å². The van der Waals surface area contributed by atoms with Crippen molar-refractivity contribution < 1.29 is 14.9 Å². The molecule has 1 unspecified atom stereocenters. The smallest absolute Gasteiger partial charge is 0.127 e. The summed E-state index contributed by atoms with van der Waals surface area (Å²) in [6, 6.07) is 7.46. The molecule has 2 aromatic carbocycles. The fourth-order valence-electron chi connectivity index (χ4n) is 3.10. The van der Waals surface area contributed by atoms with Gasteiger partial charge in [0.15, 0.2) is 0 Å².